The highest BCUT2D eigenvalue weighted by atomic mass is 32.2. The Morgan fingerprint density at radius 3 is 2.40 bits per heavy atom. The van der Waals surface area contributed by atoms with Crippen molar-refractivity contribution in [2.45, 2.75) is 45.9 Å². The van der Waals surface area contributed by atoms with E-state index in [2.05, 4.69) is 32.9 Å². The van der Waals surface area contributed by atoms with Gasteiger partial charge in [-0.25, -0.2) is 0 Å². The van der Waals surface area contributed by atoms with Crippen LogP contribution in [0.3, 0.4) is 0 Å². The highest BCUT2D eigenvalue weighted by Gasteiger charge is 2.15. The van der Waals surface area contributed by atoms with Crippen LogP contribution in [0.2, 0.25) is 0 Å². The van der Waals surface area contributed by atoms with Gasteiger partial charge in [-0.3, -0.25) is 0 Å². The van der Waals surface area contributed by atoms with Crippen LogP contribution in [0.15, 0.2) is 17.0 Å². The van der Waals surface area contributed by atoms with Crippen LogP contribution in [0.25, 0.3) is 0 Å². The maximum absolute atomic E-state index is 2.37. The third-order valence-electron chi connectivity index (χ3n) is 2.77. The van der Waals surface area contributed by atoms with Crippen LogP contribution in [-0.2, 0) is 6.42 Å². The second-order valence-corrected chi connectivity index (χ2v) is 5.23. The number of aryl methyl sites for hydroxylation is 2. The Morgan fingerprint density at radius 2 is 1.73 bits per heavy atom. The normalized spacial score (nSPS) is 18.9. The molecule has 15 heavy (non-hydrogen) atoms. The highest BCUT2D eigenvalue weighted by molar-refractivity contribution is 7.99. The van der Waals surface area contributed by atoms with E-state index < -0.39 is 0 Å². The second-order valence-electron chi connectivity index (χ2n) is 4.16. The van der Waals surface area contributed by atoms with E-state index >= 15 is 0 Å². The molecule has 2 rings (SSSR count). The summed E-state index contributed by atoms with van der Waals surface area (Å²) in [6.45, 7) is 10.7. The molecule has 0 spiro atoms. The standard InChI is InChI=1S/C12H16S.C2H6/c1-8-4-11-5-9(2)10(3)6-12(11)13-7-8;1-2/h5-6,8H,4,7H2,1-3H3;1-2H3. The second kappa shape index (κ2) is 5.60. The molecule has 0 radical (unpaired) electrons. The van der Waals surface area contributed by atoms with E-state index in [4.69, 9.17) is 0 Å². The predicted octanol–water partition coefficient (Wildman–Crippen LogP) is 4.61. The lowest BCUT2D eigenvalue weighted by Crippen LogP contribution is -2.10. The molecule has 84 valence electrons. The first-order valence-electron chi connectivity index (χ1n) is 5.89. The molecule has 0 bridgehead atoms. The molecule has 1 aromatic carbocycles. The summed E-state index contributed by atoms with van der Waals surface area (Å²) in [4.78, 5) is 1.52. The molecular weight excluding hydrogens is 200 g/mol. The Kier molecular flexibility index (Phi) is 4.72. The quantitative estimate of drug-likeness (QED) is 0.617. The zero-order valence-corrected chi connectivity index (χ0v) is 11.4. The zero-order chi connectivity index (χ0) is 11.4. The summed E-state index contributed by atoms with van der Waals surface area (Å²) >= 11 is 2.02. The SMILES string of the molecule is CC.Cc1cc2c(cc1C)SCC(C)C2. The number of hydrogen-bond donors (Lipinski definition) is 0. The largest absolute Gasteiger partial charge is 0.126 e. The first-order chi connectivity index (χ1) is 7.16. The van der Waals surface area contributed by atoms with Crippen LogP contribution in [0.1, 0.15) is 37.5 Å². The molecule has 0 fully saturated rings. The van der Waals surface area contributed by atoms with E-state index in [1.165, 1.54) is 28.2 Å². The summed E-state index contributed by atoms with van der Waals surface area (Å²) in [5.74, 6) is 2.13. The Labute approximate surface area is 98.5 Å². The van der Waals surface area contributed by atoms with Gasteiger partial charge < -0.3 is 0 Å². The first-order valence-corrected chi connectivity index (χ1v) is 6.88. The van der Waals surface area contributed by atoms with Gasteiger partial charge in [0.05, 0.1) is 0 Å². The third kappa shape index (κ3) is 3.01. The van der Waals surface area contributed by atoms with Gasteiger partial charge in [-0.1, -0.05) is 26.8 Å². The topological polar surface area (TPSA) is 0 Å². The van der Waals surface area contributed by atoms with Crippen LogP contribution in [0, 0.1) is 19.8 Å². The molecule has 0 amide bonds. The lowest BCUT2D eigenvalue weighted by molar-refractivity contribution is 0.640. The maximum Gasteiger partial charge on any atom is 0.0107 e. The molecule has 1 unspecified atom stereocenters. The fraction of sp³-hybridized carbons (Fsp3) is 0.571. The molecule has 1 aliphatic rings. The fourth-order valence-electron chi connectivity index (χ4n) is 1.81. The molecule has 1 aromatic rings. The summed E-state index contributed by atoms with van der Waals surface area (Å²) in [7, 11) is 0. The van der Waals surface area contributed by atoms with E-state index in [0.29, 0.717) is 0 Å². The van der Waals surface area contributed by atoms with Crippen LogP contribution >= 0.6 is 11.8 Å². The monoisotopic (exact) mass is 222 g/mol. The predicted molar refractivity (Wildman–Crippen MR) is 70.9 cm³/mol. The number of fused-ring (bicyclic) bond motifs is 1. The van der Waals surface area contributed by atoms with Gasteiger partial charge in [0.1, 0.15) is 0 Å². The molecule has 1 heteroatoms. The van der Waals surface area contributed by atoms with Gasteiger partial charge in [0, 0.05) is 10.6 Å². The third-order valence-corrected chi connectivity index (χ3v) is 4.20. The van der Waals surface area contributed by atoms with E-state index in [-0.39, 0.29) is 0 Å². The summed E-state index contributed by atoms with van der Waals surface area (Å²) in [6.07, 6.45) is 1.27. The summed E-state index contributed by atoms with van der Waals surface area (Å²) < 4.78 is 0. The Hall–Kier alpha value is -0.430. The van der Waals surface area contributed by atoms with Gasteiger partial charge in [-0.15, -0.1) is 11.8 Å². The number of benzene rings is 1. The van der Waals surface area contributed by atoms with Crippen molar-refractivity contribution >= 4 is 11.8 Å². The molecule has 0 aliphatic carbocycles. The molecule has 0 nitrogen and oxygen atoms in total. The summed E-state index contributed by atoms with van der Waals surface area (Å²) in [6, 6.07) is 4.72. The Bertz CT molecular complexity index is 328. The minimum Gasteiger partial charge on any atom is -0.126 e. The number of thioether (sulfide) groups is 1. The van der Waals surface area contributed by atoms with Crippen LogP contribution in [0.5, 0.6) is 0 Å². The van der Waals surface area contributed by atoms with Crippen LogP contribution in [-0.4, -0.2) is 5.75 Å². The molecular formula is C14H22S. The lowest BCUT2D eigenvalue weighted by atomic mass is 9.98. The maximum atomic E-state index is 2.37. The minimum absolute atomic E-state index is 0.847. The van der Waals surface area contributed by atoms with E-state index in [0.717, 1.165) is 5.92 Å². The average molecular weight is 222 g/mol. The van der Waals surface area contributed by atoms with Gasteiger partial charge in [0.2, 0.25) is 0 Å². The van der Waals surface area contributed by atoms with E-state index in [1.54, 1.807) is 5.56 Å². The van der Waals surface area contributed by atoms with E-state index in [1.807, 2.05) is 25.6 Å². The van der Waals surface area contributed by atoms with Gasteiger partial charge in [0.15, 0.2) is 0 Å². The zero-order valence-electron chi connectivity index (χ0n) is 10.6. The first kappa shape index (κ1) is 12.6. The Balaban J connectivity index is 0.000000531. The highest BCUT2D eigenvalue weighted by Crippen LogP contribution is 2.34. The molecule has 0 N–H and O–H groups in total. The van der Waals surface area contributed by atoms with Crippen molar-refractivity contribution in [1.82, 2.24) is 0 Å². The summed E-state index contributed by atoms with van der Waals surface area (Å²) in [5.41, 5.74) is 4.43. The lowest BCUT2D eigenvalue weighted by Gasteiger charge is -2.22. The van der Waals surface area contributed by atoms with Crippen LogP contribution < -0.4 is 0 Å². The van der Waals surface area contributed by atoms with Crippen molar-refractivity contribution in [3.05, 3.63) is 28.8 Å². The van der Waals surface area contributed by atoms with Crippen molar-refractivity contribution in [1.29, 1.82) is 0 Å². The van der Waals surface area contributed by atoms with Crippen LogP contribution in [0.4, 0.5) is 0 Å². The summed E-state index contributed by atoms with van der Waals surface area (Å²) in [5, 5.41) is 0. The van der Waals surface area contributed by atoms with Gasteiger partial charge >= 0.3 is 0 Å². The molecule has 1 atom stereocenters. The van der Waals surface area contributed by atoms with Crippen molar-refractivity contribution in [3.8, 4) is 0 Å². The van der Waals surface area contributed by atoms with Gasteiger partial charge in [-0.2, -0.15) is 0 Å². The molecule has 1 aliphatic heterocycles. The van der Waals surface area contributed by atoms with Crippen molar-refractivity contribution in [2.75, 3.05) is 5.75 Å². The van der Waals surface area contributed by atoms with Crippen molar-refractivity contribution in [2.24, 2.45) is 5.92 Å². The minimum atomic E-state index is 0.847. The molecule has 0 aromatic heterocycles. The molecule has 0 saturated carbocycles. The van der Waals surface area contributed by atoms with Crippen molar-refractivity contribution in [3.63, 3.8) is 0 Å². The fourth-order valence-corrected chi connectivity index (χ4v) is 2.98. The van der Waals surface area contributed by atoms with Gasteiger partial charge in [-0.05, 0) is 48.9 Å². The molecule has 1 heterocycles. The van der Waals surface area contributed by atoms with Crippen molar-refractivity contribution < 1.29 is 0 Å². The average Bonchev–Trinajstić information content (AvgIpc) is 2.23. The molecule has 0 saturated heterocycles. The number of rotatable bonds is 0. The Morgan fingerprint density at radius 1 is 1.13 bits per heavy atom. The number of hydrogen-bond acceptors (Lipinski definition) is 1. The smallest absolute Gasteiger partial charge is 0.0107 e. The van der Waals surface area contributed by atoms with E-state index in [9.17, 15) is 0 Å². The van der Waals surface area contributed by atoms with Gasteiger partial charge in [0.25, 0.3) is 0 Å².